The second kappa shape index (κ2) is 22.8. The smallest absolute Gasteiger partial charge is 0.410 e. The second-order valence-corrected chi connectivity index (χ2v) is 13.8. The summed E-state index contributed by atoms with van der Waals surface area (Å²) in [6.45, 7) is 11.1. The Kier molecular flexibility index (Phi) is 19.6. The van der Waals surface area contributed by atoms with Gasteiger partial charge in [-0.1, -0.05) is 76.8 Å². The molecule has 1 aliphatic heterocycles. The normalized spacial score (nSPS) is 14.7. The number of amides is 3. The molecule has 1 aromatic rings. The van der Waals surface area contributed by atoms with Gasteiger partial charge in [0.05, 0.1) is 12.7 Å². The number of piperidine rings is 1. The number of nitrogens with one attached hydrogen (secondary N) is 1. The number of benzene rings is 1. The third-order valence-electron chi connectivity index (χ3n) is 8.37. The van der Waals surface area contributed by atoms with Gasteiger partial charge in [0.25, 0.3) is 5.91 Å². The molecule has 0 bridgehead atoms. The third-order valence-corrected chi connectivity index (χ3v) is 8.37. The number of nitrogens with two attached hydrogens (primary N) is 1. The number of carbonyl (C=O) groups excluding carboxylic acids is 3. The number of hydrogen-bond acceptors (Lipinski definition) is 6. The molecule has 0 saturated carbocycles. The van der Waals surface area contributed by atoms with Crippen LogP contribution in [0.3, 0.4) is 0 Å². The number of nitrogens with zero attached hydrogens (tertiary/aromatic N) is 1. The molecule has 3 amide bonds. The predicted molar refractivity (Wildman–Crippen MR) is 184 cm³/mol. The van der Waals surface area contributed by atoms with Crippen molar-refractivity contribution >= 4 is 17.9 Å². The molecule has 46 heavy (non-hydrogen) atoms. The number of unbranched alkanes of at least 4 members (excludes halogenated alkanes) is 10. The number of rotatable bonds is 23. The molecule has 1 fully saturated rings. The Balaban J connectivity index is 1.79. The number of ether oxygens (including phenoxy) is 3. The fraction of sp³-hybridized carbons (Fsp3) is 0.757. The van der Waals surface area contributed by atoms with E-state index in [4.69, 9.17) is 19.9 Å². The third kappa shape index (κ3) is 17.9. The molecular weight excluding hydrogens is 582 g/mol. The summed E-state index contributed by atoms with van der Waals surface area (Å²) in [5, 5.41) is 3.06. The van der Waals surface area contributed by atoms with Crippen molar-refractivity contribution in [1.82, 2.24) is 10.2 Å². The van der Waals surface area contributed by atoms with E-state index in [1.807, 2.05) is 39.0 Å². The van der Waals surface area contributed by atoms with E-state index in [0.29, 0.717) is 57.9 Å². The van der Waals surface area contributed by atoms with E-state index in [1.54, 1.807) is 4.90 Å². The minimum Gasteiger partial charge on any atom is -0.444 e. The van der Waals surface area contributed by atoms with Crippen LogP contribution >= 0.6 is 0 Å². The highest BCUT2D eigenvalue weighted by atomic mass is 16.6. The standard InChI is InChI=1S/C37H63N3O6/c1-5-6-7-8-9-10-11-12-13-15-26-45-33(29-44-25-16-14-20-34(38)41)28-39-35(42)32-19-17-18-31(27-32)30-21-23-40(24-22-30)36(43)46-37(2,3)4/h17-19,27,30,33H,5-16,20-26,28-29H2,1-4H3,(H2,38,41)(H,39,42). The van der Waals surface area contributed by atoms with Gasteiger partial charge in [-0.3, -0.25) is 9.59 Å². The molecular formula is C37H63N3O6. The molecule has 1 saturated heterocycles. The first-order chi connectivity index (χ1) is 22.1. The first kappa shape index (κ1) is 39.5. The van der Waals surface area contributed by atoms with Gasteiger partial charge in [-0.25, -0.2) is 4.79 Å². The first-order valence-electron chi connectivity index (χ1n) is 17.9. The van der Waals surface area contributed by atoms with Gasteiger partial charge in [-0.05, 0) is 76.5 Å². The summed E-state index contributed by atoms with van der Waals surface area (Å²) in [4.78, 5) is 38.4. The van der Waals surface area contributed by atoms with Crippen LogP contribution < -0.4 is 11.1 Å². The lowest BCUT2D eigenvalue weighted by atomic mass is 9.88. The fourth-order valence-electron chi connectivity index (χ4n) is 5.69. The predicted octanol–water partition coefficient (Wildman–Crippen LogP) is 7.51. The van der Waals surface area contributed by atoms with Crippen molar-refractivity contribution in [2.24, 2.45) is 5.73 Å². The lowest BCUT2D eigenvalue weighted by molar-refractivity contribution is -0.118. The van der Waals surface area contributed by atoms with Gasteiger partial charge in [-0.15, -0.1) is 0 Å². The number of hydrogen-bond donors (Lipinski definition) is 2. The Morgan fingerprint density at radius 2 is 1.54 bits per heavy atom. The zero-order valence-electron chi connectivity index (χ0n) is 29.3. The maximum atomic E-state index is 13.2. The Hall–Kier alpha value is -2.65. The van der Waals surface area contributed by atoms with Crippen molar-refractivity contribution in [3.8, 4) is 0 Å². The minimum absolute atomic E-state index is 0.137. The summed E-state index contributed by atoms with van der Waals surface area (Å²) in [5.41, 5.74) is 6.45. The maximum absolute atomic E-state index is 13.2. The summed E-state index contributed by atoms with van der Waals surface area (Å²) in [6.07, 6.45) is 15.6. The van der Waals surface area contributed by atoms with Gasteiger partial charge in [0.1, 0.15) is 5.60 Å². The first-order valence-corrected chi connectivity index (χ1v) is 17.9. The molecule has 9 heteroatoms. The minimum atomic E-state index is -0.509. The lowest BCUT2D eigenvalue weighted by Crippen LogP contribution is -2.41. The molecule has 1 atom stereocenters. The average Bonchev–Trinajstić information content (AvgIpc) is 3.02. The lowest BCUT2D eigenvalue weighted by Gasteiger charge is -2.33. The van der Waals surface area contributed by atoms with Crippen molar-refractivity contribution in [2.75, 3.05) is 39.5 Å². The van der Waals surface area contributed by atoms with Crippen LogP contribution in [0.25, 0.3) is 0 Å². The Labute approximate surface area is 278 Å². The van der Waals surface area contributed by atoms with E-state index in [1.165, 1.54) is 51.4 Å². The van der Waals surface area contributed by atoms with Crippen molar-refractivity contribution in [2.45, 2.75) is 142 Å². The molecule has 0 radical (unpaired) electrons. The van der Waals surface area contributed by atoms with Crippen LogP contribution in [0.1, 0.15) is 146 Å². The molecule has 0 spiro atoms. The highest BCUT2D eigenvalue weighted by Gasteiger charge is 2.27. The number of likely N-dealkylation sites (tertiary alicyclic amines) is 1. The van der Waals surface area contributed by atoms with Gasteiger partial charge in [-0.2, -0.15) is 0 Å². The monoisotopic (exact) mass is 645 g/mol. The van der Waals surface area contributed by atoms with Crippen LogP contribution in [0.15, 0.2) is 24.3 Å². The maximum Gasteiger partial charge on any atom is 0.410 e. The summed E-state index contributed by atoms with van der Waals surface area (Å²) in [6, 6.07) is 7.80. The summed E-state index contributed by atoms with van der Waals surface area (Å²) < 4.78 is 17.5. The molecule has 2 rings (SSSR count). The van der Waals surface area contributed by atoms with Crippen LogP contribution in [0.2, 0.25) is 0 Å². The van der Waals surface area contributed by atoms with E-state index >= 15 is 0 Å². The zero-order chi connectivity index (χ0) is 33.6. The fourth-order valence-corrected chi connectivity index (χ4v) is 5.69. The second-order valence-electron chi connectivity index (χ2n) is 13.8. The van der Waals surface area contributed by atoms with Crippen molar-refractivity contribution in [1.29, 1.82) is 0 Å². The topological polar surface area (TPSA) is 120 Å². The quantitative estimate of drug-likeness (QED) is 0.119. The van der Waals surface area contributed by atoms with E-state index in [2.05, 4.69) is 18.3 Å². The van der Waals surface area contributed by atoms with Gasteiger partial charge >= 0.3 is 6.09 Å². The van der Waals surface area contributed by atoms with Crippen LogP contribution in [0.4, 0.5) is 4.79 Å². The largest absolute Gasteiger partial charge is 0.444 e. The Morgan fingerprint density at radius 3 is 2.17 bits per heavy atom. The molecule has 0 aliphatic carbocycles. The highest BCUT2D eigenvalue weighted by Crippen LogP contribution is 2.29. The molecule has 1 aliphatic rings. The SMILES string of the molecule is CCCCCCCCCCCCOC(CNC(=O)c1cccc(C2CCN(C(=O)OC(C)(C)C)CC2)c1)COCCCCC(N)=O. The van der Waals surface area contributed by atoms with Crippen LogP contribution in [0.5, 0.6) is 0 Å². The number of primary amides is 1. The Morgan fingerprint density at radius 1 is 0.913 bits per heavy atom. The van der Waals surface area contributed by atoms with Crippen LogP contribution in [0, 0.1) is 0 Å². The molecule has 1 unspecified atom stereocenters. The molecule has 1 aromatic carbocycles. The van der Waals surface area contributed by atoms with Crippen molar-refractivity contribution in [3.05, 3.63) is 35.4 Å². The molecule has 262 valence electrons. The van der Waals surface area contributed by atoms with E-state index in [-0.39, 0.29) is 29.9 Å². The van der Waals surface area contributed by atoms with Gasteiger partial charge in [0.2, 0.25) is 5.91 Å². The molecule has 3 N–H and O–H groups in total. The summed E-state index contributed by atoms with van der Waals surface area (Å²) in [7, 11) is 0. The van der Waals surface area contributed by atoms with E-state index in [0.717, 1.165) is 37.7 Å². The summed E-state index contributed by atoms with van der Waals surface area (Å²) >= 11 is 0. The van der Waals surface area contributed by atoms with Gasteiger partial charge < -0.3 is 30.2 Å². The molecule has 9 nitrogen and oxygen atoms in total. The summed E-state index contributed by atoms with van der Waals surface area (Å²) in [5.74, 6) is -0.149. The van der Waals surface area contributed by atoms with Gasteiger partial charge in [0.15, 0.2) is 0 Å². The van der Waals surface area contributed by atoms with Crippen molar-refractivity contribution in [3.63, 3.8) is 0 Å². The van der Waals surface area contributed by atoms with E-state index in [9.17, 15) is 14.4 Å². The van der Waals surface area contributed by atoms with E-state index < -0.39 is 5.60 Å². The highest BCUT2D eigenvalue weighted by molar-refractivity contribution is 5.94. The molecule has 0 aromatic heterocycles. The van der Waals surface area contributed by atoms with Crippen molar-refractivity contribution < 1.29 is 28.6 Å². The Bertz CT molecular complexity index is 1000. The average molecular weight is 646 g/mol. The van der Waals surface area contributed by atoms with Crippen LogP contribution in [-0.2, 0) is 19.0 Å². The zero-order valence-corrected chi connectivity index (χ0v) is 29.3. The number of carbonyl (C=O) groups is 3. The van der Waals surface area contributed by atoms with Crippen LogP contribution in [-0.4, -0.2) is 74.0 Å². The van der Waals surface area contributed by atoms with Gasteiger partial charge in [0, 0.05) is 44.8 Å². The molecule has 1 heterocycles.